The van der Waals surface area contributed by atoms with Gasteiger partial charge in [-0.2, -0.15) is 17.0 Å². The first-order chi connectivity index (χ1) is 5.12. The maximum atomic E-state index is 11.4. The van der Waals surface area contributed by atoms with E-state index in [2.05, 4.69) is 6.42 Å². The number of rotatable bonds is 0. The van der Waals surface area contributed by atoms with Crippen LogP contribution in [0.1, 0.15) is 6.42 Å². The fourth-order valence-electron chi connectivity index (χ4n) is 1.57. The predicted octanol–water partition coefficient (Wildman–Crippen LogP) is -0.668. The van der Waals surface area contributed by atoms with Crippen molar-refractivity contribution < 1.29 is 8.42 Å². The van der Waals surface area contributed by atoms with Crippen LogP contribution in [0.3, 0.4) is 0 Å². The van der Waals surface area contributed by atoms with E-state index in [1.54, 1.807) is 7.05 Å². The molecule has 2 rings (SSSR count). The number of nitrogens with zero attached hydrogens (tertiary/aromatic N) is 2. The molecule has 2 fully saturated rings. The molecule has 0 saturated carbocycles. The molecule has 0 spiro atoms. The van der Waals surface area contributed by atoms with Gasteiger partial charge in [-0.3, -0.25) is 0 Å². The van der Waals surface area contributed by atoms with Crippen LogP contribution in [0, 0.1) is 6.42 Å². The first kappa shape index (κ1) is 7.52. The highest BCUT2D eigenvalue weighted by molar-refractivity contribution is 7.87. The lowest BCUT2D eigenvalue weighted by Crippen LogP contribution is -2.31. The molecule has 0 aromatic carbocycles. The number of likely N-dealkylation sites (N-methyl/N-ethyl adjacent to an activating group) is 1. The molecule has 2 aliphatic rings. The summed E-state index contributed by atoms with van der Waals surface area (Å²) in [4.78, 5) is 0. The minimum atomic E-state index is -3.10. The van der Waals surface area contributed by atoms with Crippen LogP contribution < -0.4 is 0 Å². The average Bonchev–Trinajstić information content (AvgIpc) is 2.41. The van der Waals surface area contributed by atoms with Gasteiger partial charge >= 0.3 is 0 Å². The van der Waals surface area contributed by atoms with E-state index in [1.807, 2.05) is 0 Å². The van der Waals surface area contributed by atoms with E-state index >= 15 is 0 Å². The molecule has 2 aliphatic heterocycles. The van der Waals surface area contributed by atoms with Gasteiger partial charge in [0, 0.05) is 32.6 Å². The van der Waals surface area contributed by atoms with Gasteiger partial charge in [-0.05, 0) is 6.42 Å². The summed E-state index contributed by atoms with van der Waals surface area (Å²) in [5.74, 6) is 0. The van der Waals surface area contributed by atoms with Gasteiger partial charge in [-0.1, -0.05) is 0 Å². The monoisotopic (exact) mass is 174 g/mol. The topological polar surface area (TPSA) is 40.6 Å². The average molecular weight is 174 g/mol. The molecule has 2 radical (unpaired) electrons. The lowest BCUT2D eigenvalue weighted by molar-refractivity contribution is 0.426. The lowest BCUT2D eigenvalue weighted by Gasteiger charge is -2.12. The van der Waals surface area contributed by atoms with Crippen molar-refractivity contribution in [1.29, 1.82) is 0 Å². The van der Waals surface area contributed by atoms with Crippen molar-refractivity contribution in [3.8, 4) is 0 Å². The SMILES string of the molecule is CN1CC2C[C]CN2S1(=O)=O. The third kappa shape index (κ3) is 0.913. The molecule has 0 bridgehead atoms. The van der Waals surface area contributed by atoms with Gasteiger partial charge in [0.05, 0.1) is 0 Å². The summed E-state index contributed by atoms with van der Waals surface area (Å²) in [6, 6.07) is 0.157. The van der Waals surface area contributed by atoms with Crippen molar-refractivity contribution in [2.75, 3.05) is 20.1 Å². The smallest absolute Gasteiger partial charge is 0.195 e. The maximum Gasteiger partial charge on any atom is 0.282 e. The Hall–Kier alpha value is -0.130. The van der Waals surface area contributed by atoms with Crippen molar-refractivity contribution >= 4 is 10.2 Å². The summed E-state index contributed by atoms with van der Waals surface area (Å²) >= 11 is 0. The Morgan fingerprint density at radius 2 is 2.27 bits per heavy atom. The van der Waals surface area contributed by atoms with Gasteiger partial charge in [0.15, 0.2) is 0 Å². The molecule has 0 N–H and O–H groups in total. The quantitative estimate of drug-likeness (QED) is 0.489. The number of hydrogen-bond acceptors (Lipinski definition) is 2. The maximum absolute atomic E-state index is 11.4. The molecule has 0 amide bonds. The lowest BCUT2D eigenvalue weighted by atomic mass is 10.2. The van der Waals surface area contributed by atoms with E-state index in [-0.39, 0.29) is 6.04 Å². The third-order valence-corrected chi connectivity index (χ3v) is 4.17. The van der Waals surface area contributed by atoms with Crippen LogP contribution in [-0.2, 0) is 10.2 Å². The molecule has 5 heteroatoms. The standard InChI is InChI=1S/C6H10N2O2S/c1-7-5-6-3-2-4-8(6)11(7,9)10/h6H,3-5H2,1H3. The van der Waals surface area contributed by atoms with Crippen LogP contribution in [-0.4, -0.2) is 43.2 Å². The molecule has 0 aromatic heterocycles. The van der Waals surface area contributed by atoms with Crippen molar-refractivity contribution in [1.82, 2.24) is 8.61 Å². The second-order valence-electron chi connectivity index (χ2n) is 2.94. The molecular formula is C6H10N2O2S. The molecule has 11 heavy (non-hydrogen) atoms. The van der Waals surface area contributed by atoms with Gasteiger partial charge in [0.2, 0.25) is 0 Å². The summed E-state index contributed by atoms with van der Waals surface area (Å²) in [7, 11) is -1.48. The molecular weight excluding hydrogens is 164 g/mol. The fourth-order valence-corrected chi connectivity index (χ4v) is 3.06. The fraction of sp³-hybridized carbons (Fsp3) is 0.833. The van der Waals surface area contributed by atoms with Crippen LogP contribution in [0.5, 0.6) is 0 Å². The van der Waals surface area contributed by atoms with Crippen molar-refractivity contribution in [2.24, 2.45) is 0 Å². The zero-order valence-electron chi connectivity index (χ0n) is 6.32. The van der Waals surface area contributed by atoms with Gasteiger partial charge in [-0.15, -0.1) is 0 Å². The first-order valence-electron chi connectivity index (χ1n) is 3.56. The summed E-state index contributed by atoms with van der Waals surface area (Å²) in [6.45, 7) is 1.09. The van der Waals surface area contributed by atoms with E-state index in [1.165, 1.54) is 8.61 Å². The Morgan fingerprint density at radius 1 is 1.55 bits per heavy atom. The highest BCUT2D eigenvalue weighted by Gasteiger charge is 2.44. The summed E-state index contributed by atoms with van der Waals surface area (Å²) < 4.78 is 25.7. The Kier molecular flexibility index (Phi) is 1.49. The van der Waals surface area contributed by atoms with E-state index in [0.29, 0.717) is 13.1 Å². The zero-order chi connectivity index (χ0) is 8.06. The normalized spacial score (nSPS) is 37.7. The third-order valence-electron chi connectivity index (χ3n) is 2.21. The molecule has 1 atom stereocenters. The molecule has 4 nitrogen and oxygen atoms in total. The Labute approximate surface area is 67.0 Å². The Bertz CT molecular complexity index is 262. The first-order valence-corrected chi connectivity index (χ1v) is 4.96. The Balaban J connectivity index is 2.35. The molecule has 0 aromatic rings. The second-order valence-corrected chi connectivity index (χ2v) is 4.93. The van der Waals surface area contributed by atoms with Crippen LogP contribution in [0.2, 0.25) is 0 Å². The highest BCUT2D eigenvalue weighted by atomic mass is 32.2. The van der Waals surface area contributed by atoms with Crippen molar-refractivity contribution in [2.45, 2.75) is 12.5 Å². The molecule has 0 aliphatic carbocycles. The van der Waals surface area contributed by atoms with Crippen LogP contribution >= 0.6 is 0 Å². The highest BCUT2D eigenvalue weighted by Crippen LogP contribution is 2.28. The van der Waals surface area contributed by atoms with E-state index in [9.17, 15) is 8.42 Å². The minimum absolute atomic E-state index is 0.157. The van der Waals surface area contributed by atoms with Crippen LogP contribution in [0.25, 0.3) is 0 Å². The summed E-state index contributed by atoms with van der Waals surface area (Å²) in [6.07, 6.45) is 3.80. The van der Waals surface area contributed by atoms with Gasteiger partial charge in [0.1, 0.15) is 0 Å². The molecule has 62 valence electrons. The largest absolute Gasteiger partial charge is 0.282 e. The van der Waals surface area contributed by atoms with Gasteiger partial charge < -0.3 is 0 Å². The van der Waals surface area contributed by atoms with Gasteiger partial charge in [0.25, 0.3) is 10.2 Å². The minimum Gasteiger partial charge on any atom is -0.195 e. The van der Waals surface area contributed by atoms with Gasteiger partial charge in [-0.25, -0.2) is 0 Å². The Morgan fingerprint density at radius 3 is 2.91 bits per heavy atom. The van der Waals surface area contributed by atoms with Crippen molar-refractivity contribution in [3.63, 3.8) is 0 Å². The zero-order valence-corrected chi connectivity index (χ0v) is 7.13. The molecule has 2 heterocycles. The van der Waals surface area contributed by atoms with Crippen molar-refractivity contribution in [3.05, 3.63) is 6.42 Å². The molecule has 1 unspecified atom stereocenters. The second kappa shape index (κ2) is 2.18. The number of fused-ring (bicyclic) bond motifs is 1. The number of hydrogen-bond donors (Lipinski definition) is 0. The summed E-state index contributed by atoms with van der Waals surface area (Å²) in [5.41, 5.74) is 0. The molecule has 2 saturated heterocycles. The predicted molar refractivity (Wildman–Crippen MR) is 39.9 cm³/mol. The van der Waals surface area contributed by atoms with E-state index < -0.39 is 10.2 Å². The van der Waals surface area contributed by atoms with E-state index in [4.69, 9.17) is 0 Å². The van der Waals surface area contributed by atoms with E-state index in [0.717, 1.165) is 6.42 Å². The van der Waals surface area contributed by atoms with Crippen LogP contribution in [0.15, 0.2) is 0 Å². The van der Waals surface area contributed by atoms with Crippen LogP contribution in [0.4, 0.5) is 0 Å². The summed E-state index contributed by atoms with van der Waals surface area (Å²) in [5, 5.41) is 0.